The lowest BCUT2D eigenvalue weighted by Crippen LogP contribution is -2.40. The largest absolute Gasteiger partial charge is 0.388 e. The summed E-state index contributed by atoms with van der Waals surface area (Å²) in [6, 6.07) is 0. The molecule has 0 radical (unpaired) electrons. The van der Waals surface area contributed by atoms with Crippen LogP contribution in [0.25, 0.3) is 0 Å². The smallest absolute Gasteiger partial charge is 0.220 e. The molecular weight excluding hydrogens is 226 g/mol. The Bertz CT molecular complexity index is 254. The van der Waals surface area contributed by atoms with Gasteiger partial charge in [-0.05, 0) is 31.1 Å². The average molecular weight is 257 g/mol. The molecule has 3 nitrogen and oxygen atoms in total. The predicted octanol–water partition coefficient (Wildman–Crippen LogP) is 3.12. The van der Waals surface area contributed by atoms with E-state index in [2.05, 4.69) is 33.0 Å². The minimum Gasteiger partial charge on any atom is -0.388 e. The van der Waals surface area contributed by atoms with E-state index in [0.717, 1.165) is 12.8 Å². The Morgan fingerprint density at radius 3 is 2.28 bits per heavy atom. The van der Waals surface area contributed by atoms with Crippen LogP contribution in [0.1, 0.15) is 67.2 Å². The molecule has 0 aromatic rings. The van der Waals surface area contributed by atoms with E-state index in [9.17, 15) is 9.90 Å². The fourth-order valence-electron chi connectivity index (χ4n) is 2.42. The van der Waals surface area contributed by atoms with Gasteiger partial charge in [0.25, 0.3) is 0 Å². The molecule has 0 heterocycles. The zero-order valence-electron chi connectivity index (χ0n) is 13.0. The van der Waals surface area contributed by atoms with Gasteiger partial charge in [-0.1, -0.05) is 41.0 Å². The third-order valence-electron chi connectivity index (χ3n) is 2.95. The van der Waals surface area contributed by atoms with Gasteiger partial charge in [-0.3, -0.25) is 4.79 Å². The lowest BCUT2D eigenvalue weighted by molar-refractivity contribution is -0.123. The fraction of sp³-hybridized carbons (Fsp3) is 0.933. The van der Waals surface area contributed by atoms with E-state index < -0.39 is 5.60 Å². The van der Waals surface area contributed by atoms with Gasteiger partial charge in [0, 0.05) is 13.0 Å². The van der Waals surface area contributed by atoms with Crippen LogP contribution in [0.4, 0.5) is 0 Å². The number of nitrogens with one attached hydrogen (secondary N) is 1. The summed E-state index contributed by atoms with van der Waals surface area (Å²) in [5.74, 6) is 0.421. The van der Waals surface area contributed by atoms with Crippen LogP contribution in [0.15, 0.2) is 0 Å². The van der Waals surface area contributed by atoms with Crippen LogP contribution in [0.5, 0.6) is 0 Å². The highest BCUT2D eigenvalue weighted by Crippen LogP contribution is 2.25. The summed E-state index contributed by atoms with van der Waals surface area (Å²) in [4.78, 5) is 11.8. The van der Waals surface area contributed by atoms with Crippen molar-refractivity contribution in [2.75, 3.05) is 6.54 Å². The molecule has 108 valence electrons. The first-order valence-corrected chi connectivity index (χ1v) is 7.05. The molecule has 0 aromatic heterocycles. The van der Waals surface area contributed by atoms with E-state index in [1.54, 1.807) is 6.92 Å². The average Bonchev–Trinajstić information content (AvgIpc) is 2.11. The van der Waals surface area contributed by atoms with Gasteiger partial charge in [0.05, 0.1) is 5.60 Å². The first-order chi connectivity index (χ1) is 8.06. The van der Waals surface area contributed by atoms with Crippen molar-refractivity contribution in [3.63, 3.8) is 0 Å². The molecule has 0 spiro atoms. The summed E-state index contributed by atoms with van der Waals surface area (Å²) in [6.07, 6.45) is 3.21. The highest BCUT2D eigenvalue weighted by atomic mass is 16.3. The number of amides is 1. The predicted molar refractivity (Wildman–Crippen MR) is 76.4 cm³/mol. The lowest BCUT2D eigenvalue weighted by Gasteiger charge is -2.25. The van der Waals surface area contributed by atoms with Crippen LogP contribution in [-0.2, 0) is 4.79 Å². The molecule has 0 aliphatic carbocycles. The van der Waals surface area contributed by atoms with Crippen molar-refractivity contribution in [2.24, 2.45) is 11.3 Å². The van der Waals surface area contributed by atoms with Crippen LogP contribution < -0.4 is 5.32 Å². The fourth-order valence-corrected chi connectivity index (χ4v) is 2.42. The molecule has 0 saturated carbocycles. The molecule has 2 N–H and O–H groups in total. The van der Waals surface area contributed by atoms with Gasteiger partial charge in [-0.15, -0.1) is 0 Å². The molecule has 0 rings (SSSR count). The van der Waals surface area contributed by atoms with Gasteiger partial charge in [0.2, 0.25) is 5.91 Å². The number of hydrogen-bond acceptors (Lipinski definition) is 2. The highest BCUT2D eigenvalue weighted by molar-refractivity contribution is 5.76. The SMILES string of the molecule is CCCC(C)(O)CNC(=O)CC(C)CC(C)(C)C. The Balaban J connectivity index is 3.98. The third-order valence-corrected chi connectivity index (χ3v) is 2.95. The van der Waals surface area contributed by atoms with Crippen molar-refractivity contribution in [2.45, 2.75) is 72.8 Å². The number of rotatable bonds is 7. The van der Waals surface area contributed by atoms with Crippen molar-refractivity contribution in [1.29, 1.82) is 0 Å². The van der Waals surface area contributed by atoms with Crippen LogP contribution in [0.2, 0.25) is 0 Å². The van der Waals surface area contributed by atoms with Crippen molar-refractivity contribution >= 4 is 5.91 Å². The first kappa shape index (κ1) is 17.4. The van der Waals surface area contributed by atoms with Gasteiger partial charge in [-0.25, -0.2) is 0 Å². The number of aliphatic hydroxyl groups is 1. The summed E-state index contributed by atoms with van der Waals surface area (Å²) < 4.78 is 0. The molecule has 2 unspecified atom stereocenters. The Labute approximate surface area is 112 Å². The standard InChI is InChI=1S/C15H31NO2/c1-7-8-15(6,18)11-16-13(17)9-12(2)10-14(3,4)5/h12,18H,7-11H2,1-6H3,(H,16,17). The minimum atomic E-state index is -0.780. The maximum absolute atomic E-state index is 11.8. The number of hydrogen-bond donors (Lipinski definition) is 2. The lowest BCUT2D eigenvalue weighted by atomic mass is 9.84. The Hall–Kier alpha value is -0.570. The second kappa shape index (κ2) is 7.13. The van der Waals surface area contributed by atoms with Gasteiger partial charge in [-0.2, -0.15) is 0 Å². The topological polar surface area (TPSA) is 49.3 Å². The summed E-state index contributed by atoms with van der Waals surface area (Å²) in [7, 11) is 0. The van der Waals surface area contributed by atoms with E-state index in [0.29, 0.717) is 25.3 Å². The molecule has 2 atom stereocenters. The van der Waals surface area contributed by atoms with Gasteiger partial charge in [0.15, 0.2) is 0 Å². The summed E-state index contributed by atoms with van der Waals surface area (Å²) >= 11 is 0. The molecule has 0 fully saturated rings. The molecule has 0 aliphatic heterocycles. The van der Waals surface area contributed by atoms with Crippen molar-refractivity contribution < 1.29 is 9.90 Å². The first-order valence-electron chi connectivity index (χ1n) is 7.05. The molecule has 0 bridgehead atoms. The maximum atomic E-state index is 11.8. The number of carbonyl (C=O) groups excluding carboxylic acids is 1. The normalized spacial score (nSPS) is 17.1. The van der Waals surface area contributed by atoms with Gasteiger partial charge >= 0.3 is 0 Å². The van der Waals surface area contributed by atoms with E-state index >= 15 is 0 Å². The quantitative estimate of drug-likeness (QED) is 0.736. The summed E-state index contributed by atoms with van der Waals surface area (Å²) in [5, 5.41) is 12.8. The monoisotopic (exact) mass is 257 g/mol. The molecule has 1 amide bonds. The Morgan fingerprint density at radius 1 is 1.28 bits per heavy atom. The van der Waals surface area contributed by atoms with E-state index in [1.165, 1.54) is 0 Å². The van der Waals surface area contributed by atoms with Crippen molar-refractivity contribution in [1.82, 2.24) is 5.32 Å². The van der Waals surface area contributed by atoms with Crippen LogP contribution >= 0.6 is 0 Å². The molecule has 0 aromatic carbocycles. The van der Waals surface area contributed by atoms with Crippen LogP contribution in [0, 0.1) is 11.3 Å². The van der Waals surface area contributed by atoms with Gasteiger partial charge in [0.1, 0.15) is 0 Å². The third kappa shape index (κ3) is 9.46. The van der Waals surface area contributed by atoms with Crippen molar-refractivity contribution in [3.05, 3.63) is 0 Å². The molecule has 0 saturated heterocycles. The van der Waals surface area contributed by atoms with E-state index in [-0.39, 0.29) is 11.3 Å². The molecule has 0 aliphatic rings. The van der Waals surface area contributed by atoms with Crippen LogP contribution in [0.3, 0.4) is 0 Å². The second-order valence-electron chi connectivity index (χ2n) is 7.10. The molecule has 3 heteroatoms. The summed E-state index contributed by atoms with van der Waals surface area (Å²) in [6.45, 7) is 12.8. The zero-order chi connectivity index (χ0) is 14.4. The molecule has 18 heavy (non-hydrogen) atoms. The molecular formula is C15H31NO2. The number of carbonyl (C=O) groups is 1. The zero-order valence-corrected chi connectivity index (χ0v) is 13.0. The summed E-state index contributed by atoms with van der Waals surface area (Å²) in [5.41, 5.74) is -0.523. The highest BCUT2D eigenvalue weighted by Gasteiger charge is 2.21. The van der Waals surface area contributed by atoms with E-state index in [1.807, 2.05) is 6.92 Å². The van der Waals surface area contributed by atoms with Crippen LogP contribution in [-0.4, -0.2) is 23.2 Å². The minimum absolute atomic E-state index is 0.0446. The van der Waals surface area contributed by atoms with Crippen molar-refractivity contribution in [3.8, 4) is 0 Å². The Morgan fingerprint density at radius 2 is 1.83 bits per heavy atom. The maximum Gasteiger partial charge on any atom is 0.220 e. The van der Waals surface area contributed by atoms with E-state index in [4.69, 9.17) is 0 Å². The second-order valence-corrected chi connectivity index (χ2v) is 7.10. The van der Waals surface area contributed by atoms with Gasteiger partial charge < -0.3 is 10.4 Å². The Kier molecular flexibility index (Phi) is 6.90.